The Morgan fingerprint density at radius 3 is 2.70 bits per heavy atom. The molecule has 0 fully saturated rings. The van der Waals surface area contributed by atoms with Crippen molar-refractivity contribution >= 4 is 23.2 Å². The summed E-state index contributed by atoms with van der Waals surface area (Å²) in [4.78, 5) is 22.3. The highest BCUT2D eigenvalue weighted by Crippen LogP contribution is 2.22. The van der Waals surface area contributed by atoms with E-state index >= 15 is 0 Å². The number of halogens is 2. The number of amides is 1. The van der Waals surface area contributed by atoms with Crippen molar-refractivity contribution < 1.29 is 14.1 Å². The molecule has 1 aromatic rings. The van der Waals surface area contributed by atoms with Crippen LogP contribution in [0.15, 0.2) is 18.2 Å². The number of nitro groups is 1. The molecule has 1 amide bonds. The molecule has 5 nitrogen and oxygen atoms in total. The number of hydrogen-bond donors (Lipinski definition) is 1. The molecule has 7 heteroatoms. The van der Waals surface area contributed by atoms with E-state index in [0.29, 0.717) is 18.7 Å². The van der Waals surface area contributed by atoms with Crippen molar-refractivity contribution in [3.8, 4) is 0 Å². The molecule has 0 saturated heterocycles. The smallest absolute Gasteiger partial charge is 0.285 e. The Bertz CT molecular complexity index is 524. The van der Waals surface area contributed by atoms with Gasteiger partial charge in [0, 0.05) is 11.4 Å². The molecule has 0 spiro atoms. The van der Waals surface area contributed by atoms with Gasteiger partial charge in [-0.2, -0.15) is 0 Å². The summed E-state index contributed by atoms with van der Waals surface area (Å²) in [6, 6.07) is 2.87. The van der Waals surface area contributed by atoms with Crippen LogP contribution in [0.5, 0.6) is 0 Å². The van der Waals surface area contributed by atoms with Crippen molar-refractivity contribution in [1.29, 1.82) is 0 Å². The van der Waals surface area contributed by atoms with Gasteiger partial charge in [0.25, 0.3) is 11.6 Å². The van der Waals surface area contributed by atoms with Crippen molar-refractivity contribution in [1.82, 2.24) is 5.32 Å². The molecule has 0 radical (unpaired) electrons. The van der Waals surface area contributed by atoms with Crippen LogP contribution >= 0.6 is 11.6 Å². The summed E-state index contributed by atoms with van der Waals surface area (Å²) in [5.41, 5.74) is -1.27. The minimum atomic E-state index is -0.775. The highest BCUT2D eigenvalue weighted by Gasteiger charge is 2.28. The topological polar surface area (TPSA) is 72.2 Å². The molecular weight excluding hydrogens is 287 g/mol. The molecule has 1 N–H and O–H groups in total. The first-order chi connectivity index (χ1) is 9.33. The molecule has 0 heterocycles. The van der Waals surface area contributed by atoms with Gasteiger partial charge in [-0.1, -0.05) is 6.92 Å². The third kappa shape index (κ3) is 3.90. The molecule has 1 aromatic carbocycles. The summed E-state index contributed by atoms with van der Waals surface area (Å²) in [5.74, 6) is -1.01. The molecule has 0 aliphatic rings. The zero-order valence-electron chi connectivity index (χ0n) is 11.3. The SMILES string of the molecule is CCC(C)(CCCl)NC(=O)c1ccc(F)cc1[N+](=O)[O-]. The summed E-state index contributed by atoms with van der Waals surface area (Å²) >= 11 is 5.69. The Hall–Kier alpha value is -1.69. The minimum Gasteiger partial charge on any atom is -0.347 e. The third-order valence-electron chi connectivity index (χ3n) is 3.24. The molecule has 1 unspecified atom stereocenters. The second kappa shape index (κ2) is 6.65. The summed E-state index contributed by atoms with van der Waals surface area (Å²) in [6.45, 7) is 3.69. The number of hydrogen-bond acceptors (Lipinski definition) is 3. The Balaban J connectivity index is 3.06. The quantitative estimate of drug-likeness (QED) is 0.498. The van der Waals surface area contributed by atoms with Gasteiger partial charge in [-0.25, -0.2) is 4.39 Å². The van der Waals surface area contributed by atoms with Crippen LogP contribution in [-0.2, 0) is 0 Å². The van der Waals surface area contributed by atoms with E-state index in [4.69, 9.17) is 11.6 Å². The number of carbonyl (C=O) groups is 1. The standard InChI is InChI=1S/C13H16ClFN2O3/c1-3-13(2,6-7-14)16-12(18)10-5-4-9(15)8-11(10)17(19)20/h4-5,8H,3,6-7H2,1-2H3,(H,16,18). The number of nitro benzene ring substituents is 1. The van der Waals surface area contributed by atoms with Crippen LogP contribution in [0.4, 0.5) is 10.1 Å². The van der Waals surface area contributed by atoms with E-state index in [1.165, 1.54) is 0 Å². The largest absolute Gasteiger partial charge is 0.347 e. The van der Waals surface area contributed by atoms with E-state index in [2.05, 4.69) is 5.32 Å². The zero-order chi connectivity index (χ0) is 15.3. The number of nitrogens with zero attached hydrogens (tertiary/aromatic N) is 1. The minimum absolute atomic E-state index is 0.161. The van der Waals surface area contributed by atoms with E-state index < -0.39 is 27.9 Å². The maximum absolute atomic E-state index is 13.0. The van der Waals surface area contributed by atoms with Crippen LogP contribution in [0.25, 0.3) is 0 Å². The predicted molar refractivity (Wildman–Crippen MR) is 74.6 cm³/mol. The van der Waals surface area contributed by atoms with E-state index in [1.807, 2.05) is 13.8 Å². The van der Waals surface area contributed by atoms with Gasteiger partial charge in [-0.15, -0.1) is 11.6 Å². The Morgan fingerprint density at radius 2 is 2.20 bits per heavy atom. The lowest BCUT2D eigenvalue weighted by Gasteiger charge is -2.28. The molecule has 0 aliphatic heterocycles. The van der Waals surface area contributed by atoms with Gasteiger partial charge < -0.3 is 5.32 Å². The number of nitrogens with one attached hydrogen (secondary N) is 1. The van der Waals surface area contributed by atoms with Crippen molar-refractivity contribution in [2.75, 3.05) is 5.88 Å². The van der Waals surface area contributed by atoms with Crippen LogP contribution in [-0.4, -0.2) is 22.2 Å². The fourth-order valence-electron chi connectivity index (χ4n) is 1.73. The lowest BCUT2D eigenvalue weighted by molar-refractivity contribution is -0.385. The van der Waals surface area contributed by atoms with Crippen molar-refractivity contribution in [3.05, 3.63) is 39.7 Å². The van der Waals surface area contributed by atoms with Gasteiger partial charge in [0.2, 0.25) is 0 Å². The monoisotopic (exact) mass is 302 g/mol. The Morgan fingerprint density at radius 1 is 1.55 bits per heavy atom. The summed E-state index contributed by atoms with van der Waals surface area (Å²) in [5, 5.41) is 13.6. The first-order valence-corrected chi connectivity index (χ1v) is 6.69. The van der Waals surface area contributed by atoms with Crippen molar-refractivity contribution in [2.45, 2.75) is 32.2 Å². The normalized spacial score (nSPS) is 13.6. The molecule has 0 aromatic heterocycles. The van der Waals surface area contributed by atoms with E-state index in [1.54, 1.807) is 0 Å². The first kappa shape index (κ1) is 16.4. The van der Waals surface area contributed by atoms with Crippen LogP contribution in [0.1, 0.15) is 37.0 Å². The van der Waals surface area contributed by atoms with Crippen molar-refractivity contribution in [2.24, 2.45) is 0 Å². The first-order valence-electron chi connectivity index (χ1n) is 6.15. The molecule has 110 valence electrons. The van der Waals surface area contributed by atoms with Gasteiger partial charge in [-0.3, -0.25) is 14.9 Å². The van der Waals surface area contributed by atoms with Crippen LogP contribution in [0.3, 0.4) is 0 Å². The average Bonchev–Trinajstić information content (AvgIpc) is 2.38. The summed E-state index contributed by atoms with van der Waals surface area (Å²) in [7, 11) is 0. The molecule has 0 saturated carbocycles. The molecule has 1 atom stereocenters. The van der Waals surface area contributed by atoms with E-state index in [0.717, 1.165) is 18.2 Å². The highest BCUT2D eigenvalue weighted by atomic mass is 35.5. The van der Waals surface area contributed by atoms with Gasteiger partial charge in [0.15, 0.2) is 0 Å². The van der Waals surface area contributed by atoms with Crippen molar-refractivity contribution in [3.63, 3.8) is 0 Å². The van der Waals surface area contributed by atoms with Gasteiger partial charge in [0.05, 0.1) is 11.0 Å². The molecule has 1 rings (SSSR count). The molecular formula is C13H16ClFN2O3. The Labute approximate surface area is 121 Å². The number of rotatable bonds is 6. The van der Waals surface area contributed by atoms with E-state index in [-0.39, 0.29) is 5.56 Å². The molecule has 0 aliphatic carbocycles. The van der Waals surface area contributed by atoms with Crippen LogP contribution in [0.2, 0.25) is 0 Å². The zero-order valence-corrected chi connectivity index (χ0v) is 12.0. The lowest BCUT2D eigenvalue weighted by Crippen LogP contribution is -2.46. The lowest BCUT2D eigenvalue weighted by atomic mass is 9.95. The third-order valence-corrected chi connectivity index (χ3v) is 3.43. The maximum Gasteiger partial charge on any atom is 0.285 e. The number of alkyl halides is 1. The maximum atomic E-state index is 13.0. The highest BCUT2D eigenvalue weighted by molar-refractivity contribution is 6.17. The Kier molecular flexibility index (Phi) is 5.44. The van der Waals surface area contributed by atoms with Gasteiger partial charge in [0.1, 0.15) is 11.4 Å². The summed E-state index contributed by atoms with van der Waals surface area (Å²) < 4.78 is 13.0. The number of carbonyl (C=O) groups excluding carboxylic acids is 1. The predicted octanol–water partition coefficient (Wildman–Crippen LogP) is 3.26. The van der Waals surface area contributed by atoms with Gasteiger partial charge in [-0.05, 0) is 31.9 Å². The average molecular weight is 303 g/mol. The second-order valence-electron chi connectivity index (χ2n) is 4.73. The van der Waals surface area contributed by atoms with E-state index in [9.17, 15) is 19.3 Å². The second-order valence-corrected chi connectivity index (χ2v) is 5.10. The van der Waals surface area contributed by atoms with Crippen LogP contribution < -0.4 is 5.32 Å². The van der Waals surface area contributed by atoms with Gasteiger partial charge >= 0.3 is 0 Å². The molecule has 0 bridgehead atoms. The number of benzene rings is 1. The molecule has 20 heavy (non-hydrogen) atoms. The van der Waals surface area contributed by atoms with Crippen LogP contribution in [0, 0.1) is 15.9 Å². The fourth-order valence-corrected chi connectivity index (χ4v) is 2.14. The summed E-state index contributed by atoms with van der Waals surface area (Å²) in [6.07, 6.45) is 1.16. The fraction of sp³-hybridized carbons (Fsp3) is 0.462.